The molecule has 0 aliphatic rings. The van der Waals surface area contributed by atoms with Gasteiger partial charge in [0.15, 0.2) is 11.6 Å². The number of hydrogen-bond donors (Lipinski definition) is 1. The number of unbranched alkanes of at least 4 members (excludes halogenated alkanes) is 1. The first-order valence-corrected chi connectivity index (χ1v) is 7.09. The zero-order valence-corrected chi connectivity index (χ0v) is 11.9. The molecular weight excluding hydrogens is 278 g/mol. The van der Waals surface area contributed by atoms with Gasteiger partial charge in [0, 0.05) is 31.5 Å². The SMILES string of the molecule is CCCc1nc2cc(F)c(F)cc2n1CCCCC(=O)O. The van der Waals surface area contributed by atoms with E-state index in [-0.39, 0.29) is 6.42 Å². The predicted molar refractivity (Wildman–Crippen MR) is 75.1 cm³/mol. The van der Waals surface area contributed by atoms with Crippen LogP contribution >= 0.6 is 0 Å². The van der Waals surface area contributed by atoms with Crippen LogP contribution in [0.1, 0.15) is 38.4 Å². The quantitative estimate of drug-likeness (QED) is 0.795. The van der Waals surface area contributed by atoms with E-state index in [1.165, 1.54) is 0 Å². The Morgan fingerprint density at radius 3 is 2.67 bits per heavy atom. The van der Waals surface area contributed by atoms with Gasteiger partial charge >= 0.3 is 5.97 Å². The molecule has 0 fully saturated rings. The van der Waals surface area contributed by atoms with E-state index in [2.05, 4.69) is 4.98 Å². The predicted octanol–water partition coefficient (Wildman–Crippen LogP) is 3.52. The van der Waals surface area contributed by atoms with Crippen LogP contribution in [0, 0.1) is 11.6 Å². The minimum Gasteiger partial charge on any atom is -0.481 e. The van der Waals surface area contributed by atoms with E-state index in [4.69, 9.17) is 5.11 Å². The summed E-state index contributed by atoms with van der Waals surface area (Å²) in [5, 5.41) is 8.64. The first-order chi connectivity index (χ1) is 10.0. The zero-order valence-electron chi connectivity index (χ0n) is 11.9. The highest BCUT2D eigenvalue weighted by Crippen LogP contribution is 2.21. The molecule has 6 heteroatoms. The molecule has 4 nitrogen and oxygen atoms in total. The molecule has 0 amide bonds. The summed E-state index contributed by atoms with van der Waals surface area (Å²) >= 11 is 0. The molecule has 0 aliphatic heterocycles. The molecule has 0 saturated heterocycles. The molecule has 1 heterocycles. The summed E-state index contributed by atoms with van der Waals surface area (Å²) < 4.78 is 28.6. The van der Waals surface area contributed by atoms with Gasteiger partial charge in [-0.2, -0.15) is 0 Å². The number of aryl methyl sites for hydroxylation is 2. The molecule has 1 aromatic carbocycles. The van der Waals surface area contributed by atoms with Gasteiger partial charge in [0.05, 0.1) is 11.0 Å². The third-order valence-electron chi connectivity index (χ3n) is 3.37. The fourth-order valence-electron chi connectivity index (χ4n) is 2.38. The van der Waals surface area contributed by atoms with Crippen LogP contribution in [-0.2, 0) is 17.8 Å². The molecule has 21 heavy (non-hydrogen) atoms. The molecule has 2 rings (SSSR count). The Labute approximate surface area is 121 Å². The lowest BCUT2D eigenvalue weighted by Crippen LogP contribution is -2.05. The van der Waals surface area contributed by atoms with E-state index in [1.54, 1.807) is 0 Å². The summed E-state index contributed by atoms with van der Waals surface area (Å²) in [6, 6.07) is 2.27. The maximum atomic E-state index is 13.4. The molecule has 0 spiro atoms. The maximum Gasteiger partial charge on any atom is 0.303 e. The first-order valence-electron chi connectivity index (χ1n) is 7.09. The van der Waals surface area contributed by atoms with Crippen molar-refractivity contribution >= 4 is 17.0 Å². The molecule has 1 N–H and O–H groups in total. The number of fused-ring (bicyclic) bond motifs is 1. The molecule has 1 aromatic heterocycles. The number of benzene rings is 1. The molecule has 0 radical (unpaired) electrons. The van der Waals surface area contributed by atoms with Gasteiger partial charge in [0.2, 0.25) is 0 Å². The molecule has 114 valence electrons. The van der Waals surface area contributed by atoms with E-state index < -0.39 is 17.6 Å². The molecule has 0 unspecified atom stereocenters. The van der Waals surface area contributed by atoms with E-state index in [0.717, 1.165) is 30.8 Å². The van der Waals surface area contributed by atoms with Crippen LogP contribution in [0.3, 0.4) is 0 Å². The fraction of sp³-hybridized carbons (Fsp3) is 0.467. The number of nitrogens with zero attached hydrogens (tertiary/aromatic N) is 2. The van der Waals surface area contributed by atoms with Gasteiger partial charge in [-0.25, -0.2) is 13.8 Å². The largest absolute Gasteiger partial charge is 0.481 e. The molecule has 0 saturated carbocycles. The maximum absolute atomic E-state index is 13.4. The number of carboxylic acid groups (broad SMARTS) is 1. The van der Waals surface area contributed by atoms with Crippen molar-refractivity contribution in [2.45, 2.75) is 45.6 Å². The Balaban J connectivity index is 2.27. The van der Waals surface area contributed by atoms with E-state index >= 15 is 0 Å². The lowest BCUT2D eigenvalue weighted by molar-refractivity contribution is -0.137. The average Bonchev–Trinajstić information content (AvgIpc) is 2.73. The van der Waals surface area contributed by atoms with Gasteiger partial charge < -0.3 is 9.67 Å². The van der Waals surface area contributed by atoms with Crippen LogP contribution < -0.4 is 0 Å². The van der Waals surface area contributed by atoms with Crippen LogP contribution in [0.4, 0.5) is 8.78 Å². The van der Waals surface area contributed by atoms with Crippen molar-refractivity contribution in [3.63, 3.8) is 0 Å². The van der Waals surface area contributed by atoms with Gasteiger partial charge in [-0.3, -0.25) is 4.79 Å². The summed E-state index contributed by atoms with van der Waals surface area (Å²) in [6.07, 6.45) is 2.91. The third kappa shape index (κ3) is 3.56. The monoisotopic (exact) mass is 296 g/mol. The standard InChI is InChI=1S/C15H18F2N2O2/c1-2-5-14-18-12-8-10(16)11(17)9-13(12)19(14)7-4-3-6-15(20)21/h8-9H,2-7H2,1H3,(H,20,21). The van der Waals surface area contributed by atoms with Crippen molar-refractivity contribution < 1.29 is 18.7 Å². The number of carboxylic acids is 1. The molecule has 2 aromatic rings. The smallest absolute Gasteiger partial charge is 0.303 e. The highest BCUT2D eigenvalue weighted by molar-refractivity contribution is 5.76. The normalized spacial score (nSPS) is 11.2. The van der Waals surface area contributed by atoms with E-state index in [9.17, 15) is 13.6 Å². The van der Waals surface area contributed by atoms with Crippen molar-refractivity contribution in [2.24, 2.45) is 0 Å². The number of halogens is 2. The highest BCUT2D eigenvalue weighted by Gasteiger charge is 2.13. The van der Waals surface area contributed by atoms with Crippen molar-refractivity contribution in [1.29, 1.82) is 0 Å². The summed E-state index contributed by atoms with van der Waals surface area (Å²) in [4.78, 5) is 14.9. The second-order valence-corrected chi connectivity index (χ2v) is 5.04. The van der Waals surface area contributed by atoms with Crippen molar-refractivity contribution in [3.05, 3.63) is 29.6 Å². The van der Waals surface area contributed by atoms with E-state index in [0.29, 0.717) is 30.4 Å². The van der Waals surface area contributed by atoms with Crippen molar-refractivity contribution in [2.75, 3.05) is 0 Å². The Kier molecular flexibility index (Phi) is 4.88. The van der Waals surface area contributed by atoms with Gasteiger partial charge in [-0.05, 0) is 19.3 Å². The van der Waals surface area contributed by atoms with Crippen molar-refractivity contribution in [3.8, 4) is 0 Å². The lowest BCUT2D eigenvalue weighted by Gasteiger charge is -2.08. The molecule has 0 aliphatic carbocycles. The van der Waals surface area contributed by atoms with Crippen LogP contribution in [-0.4, -0.2) is 20.6 Å². The Morgan fingerprint density at radius 2 is 2.00 bits per heavy atom. The Bertz CT molecular complexity index is 653. The van der Waals surface area contributed by atoms with Gasteiger partial charge in [-0.15, -0.1) is 0 Å². The lowest BCUT2D eigenvalue weighted by atomic mass is 10.2. The first kappa shape index (κ1) is 15.4. The summed E-state index contributed by atoms with van der Waals surface area (Å²) in [5.41, 5.74) is 1.00. The molecule has 0 atom stereocenters. The minimum absolute atomic E-state index is 0.110. The summed E-state index contributed by atoms with van der Waals surface area (Å²) in [6.45, 7) is 2.57. The molecular formula is C15H18F2N2O2. The van der Waals surface area contributed by atoms with Crippen LogP contribution in [0.25, 0.3) is 11.0 Å². The molecule has 0 bridgehead atoms. The highest BCUT2D eigenvalue weighted by atomic mass is 19.2. The van der Waals surface area contributed by atoms with E-state index in [1.807, 2.05) is 11.5 Å². The van der Waals surface area contributed by atoms with Gasteiger partial charge in [0.1, 0.15) is 5.82 Å². The summed E-state index contributed by atoms with van der Waals surface area (Å²) in [7, 11) is 0. The Morgan fingerprint density at radius 1 is 1.29 bits per heavy atom. The number of rotatable bonds is 7. The van der Waals surface area contributed by atoms with Gasteiger partial charge in [0.25, 0.3) is 0 Å². The number of aromatic nitrogens is 2. The van der Waals surface area contributed by atoms with Crippen LogP contribution in [0.2, 0.25) is 0 Å². The topological polar surface area (TPSA) is 55.1 Å². The minimum atomic E-state index is -0.902. The second-order valence-electron chi connectivity index (χ2n) is 5.04. The average molecular weight is 296 g/mol. The second kappa shape index (κ2) is 6.65. The number of hydrogen-bond acceptors (Lipinski definition) is 2. The van der Waals surface area contributed by atoms with Crippen LogP contribution in [0.15, 0.2) is 12.1 Å². The van der Waals surface area contributed by atoms with Crippen molar-refractivity contribution in [1.82, 2.24) is 9.55 Å². The van der Waals surface area contributed by atoms with Crippen LogP contribution in [0.5, 0.6) is 0 Å². The Hall–Kier alpha value is -1.98. The zero-order chi connectivity index (χ0) is 15.4. The summed E-state index contributed by atoms with van der Waals surface area (Å²) in [5.74, 6) is -1.83. The number of aliphatic carboxylic acids is 1. The number of imidazole rings is 1. The third-order valence-corrected chi connectivity index (χ3v) is 3.37. The number of carbonyl (C=O) groups is 1. The fourth-order valence-corrected chi connectivity index (χ4v) is 2.38. The van der Waals surface area contributed by atoms with Gasteiger partial charge in [-0.1, -0.05) is 6.92 Å².